The van der Waals surface area contributed by atoms with Gasteiger partial charge in [0.2, 0.25) is 0 Å². The van der Waals surface area contributed by atoms with Gasteiger partial charge in [-0.3, -0.25) is 0 Å². The molecule has 1 aliphatic heterocycles. The first-order chi connectivity index (χ1) is 19.2. The van der Waals surface area contributed by atoms with E-state index in [1.807, 2.05) is 6.08 Å². The lowest BCUT2D eigenvalue weighted by Gasteiger charge is -2.56. The maximum atomic E-state index is 16.3. The number of anilines is 2. The van der Waals surface area contributed by atoms with Gasteiger partial charge >= 0.3 is 0 Å². The summed E-state index contributed by atoms with van der Waals surface area (Å²) in [5, 5.41) is 3.58. The number of benzene rings is 1. The predicted molar refractivity (Wildman–Crippen MR) is 165 cm³/mol. The minimum atomic E-state index is -2.94. The Labute approximate surface area is 247 Å². The molecule has 3 aliphatic carbocycles. The molecule has 1 aromatic heterocycles. The Kier molecular flexibility index (Phi) is 8.84. The molecule has 3 saturated carbocycles. The van der Waals surface area contributed by atoms with Crippen LogP contribution in [0.3, 0.4) is 0 Å². The zero-order valence-electron chi connectivity index (χ0n) is 23.5. The van der Waals surface area contributed by atoms with Crippen LogP contribution in [0.5, 0.6) is 0 Å². The molecule has 2 heterocycles. The van der Waals surface area contributed by atoms with Crippen LogP contribution in [0.15, 0.2) is 66.1 Å². The summed E-state index contributed by atoms with van der Waals surface area (Å²) < 4.78 is 34.8. The highest BCUT2D eigenvalue weighted by Crippen LogP contribution is 2.66. The quantitative estimate of drug-likeness (QED) is 0.123. The van der Waals surface area contributed by atoms with Gasteiger partial charge in [-0.1, -0.05) is 29.8 Å². The number of nitrogens with one attached hydrogen (secondary N) is 1. The monoisotopic (exact) mass is 586 g/mol. The lowest BCUT2D eigenvalue weighted by Crippen LogP contribution is -2.50. The summed E-state index contributed by atoms with van der Waals surface area (Å²) in [5.41, 5.74) is 1.34. The fourth-order valence-electron chi connectivity index (χ4n) is 6.70. The zero-order valence-corrected chi connectivity index (χ0v) is 25.1. The average molecular weight is 587 g/mol. The van der Waals surface area contributed by atoms with Crippen LogP contribution in [0.1, 0.15) is 63.9 Å². The van der Waals surface area contributed by atoms with Crippen molar-refractivity contribution >= 4 is 35.1 Å². The van der Waals surface area contributed by atoms with Gasteiger partial charge in [0.05, 0.1) is 0 Å². The minimum absolute atomic E-state index is 0.0159. The number of hydrogen-bond acceptors (Lipinski definition) is 5. The number of rotatable bonds is 11. The summed E-state index contributed by atoms with van der Waals surface area (Å²) in [4.78, 5) is 7.74. The van der Waals surface area contributed by atoms with Crippen molar-refractivity contribution in [2.24, 2.45) is 10.8 Å². The predicted octanol–water partition coefficient (Wildman–Crippen LogP) is 8.95. The number of piperazine rings is 1. The van der Waals surface area contributed by atoms with Gasteiger partial charge in [-0.15, -0.1) is 6.58 Å². The molecule has 216 valence electrons. The standard InChI is InChI=1S/C32H41ClF2N4S/c1-4-5-6-17-36-26-7-9-27(10-8-26)40-39-20-18-38(19-21-39)29-23-25(22-28(33)37-29)32(34,35)31-14-11-30(12-15-31,13-16-31)24(2)3/h4,7-10,22-23,36H,1-2,5-6,11-21H2,3H3. The second kappa shape index (κ2) is 12.0. The molecule has 4 fully saturated rings. The first-order valence-corrected chi connectivity index (χ1v) is 15.7. The molecule has 8 heteroatoms. The Balaban J connectivity index is 1.20. The van der Waals surface area contributed by atoms with Crippen LogP contribution in [-0.2, 0) is 5.92 Å². The first-order valence-electron chi connectivity index (χ1n) is 14.5. The van der Waals surface area contributed by atoms with E-state index in [1.54, 1.807) is 18.0 Å². The van der Waals surface area contributed by atoms with Gasteiger partial charge in [-0.2, -0.15) is 0 Å². The Morgan fingerprint density at radius 2 is 1.73 bits per heavy atom. The second-order valence-corrected chi connectivity index (χ2v) is 13.4. The van der Waals surface area contributed by atoms with Gasteiger partial charge in [0, 0.05) is 54.3 Å². The number of fused-ring (bicyclic) bond motifs is 3. The number of allylic oxidation sites excluding steroid dienone is 2. The first kappa shape index (κ1) is 29.4. The van der Waals surface area contributed by atoms with Gasteiger partial charge in [0.1, 0.15) is 11.0 Å². The molecule has 0 spiro atoms. The number of hydrogen-bond donors (Lipinski definition) is 1. The van der Waals surface area contributed by atoms with Gasteiger partial charge in [-0.05, 0) is 112 Å². The van der Waals surface area contributed by atoms with E-state index in [-0.39, 0.29) is 16.1 Å². The van der Waals surface area contributed by atoms with E-state index < -0.39 is 11.3 Å². The molecule has 4 aliphatic rings. The van der Waals surface area contributed by atoms with E-state index in [1.165, 1.54) is 11.0 Å². The third-order valence-corrected chi connectivity index (χ3v) is 10.8. The van der Waals surface area contributed by atoms with Crippen molar-refractivity contribution in [2.45, 2.75) is 69.1 Å². The van der Waals surface area contributed by atoms with Crippen LogP contribution in [-0.4, -0.2) is 42.0 Å². The highest BCUT2D eigenvalue weighted by atomic mass is 35.5. The van der Waals surface area contributed by atoms with Crippen molar-refractivity contribution in [3.8, 4) is 0 Å². The summed E-state index contributed by atoms with van der Waals surface area (Å²) in [5.74, 6) is -2.39. The number of alkyl halides is 2. The van der Waals surface area contributed by atoms with E-state index in [9.17, 15) is 0 Å². The molecule has 2 aromatic rings. The molecule has 1 saturated heterocycles. The van der Waals surface area contributed by atoms with Crippen LogP contribution in [0, 0.1) is 10.8 Å². The van der Waals surface area contributed by atoms with Gasteiger partial charge in [-0.25, -0.2) is 18.1 Å². The van der Waals surface area contributed by atoms with Crippen LogP contribution in [0.25, 0.3) is 0 Å². The Morgan fingerprint density at radius 1 is 1.07 bits per heavy atom. The Hall–Kier alpha value is -2.09. The number of halogens is 3. The highest BCUT2D eigenvalue weighted by molar-refractivity contribution is 7.97. The van der Waals surface area contributed by atoms with Crippen LogP contribution in [0.2, 0.25) is 5.15 Å². The van der Waals surface area contributed by atoms with Crippen molar-refractivity contribution in [1.82, 2.24) is 9.29 Å². The Morgan fingerprint density at radius 3 is 2.33 bits per heavy atom. The van der Waals surface area contributed by atoms with E-state index in [0.717, 1.165) is 63.0 Å². The SMILES string of the molecule is C=CCCCNc1ccc(SN2CCN(c3cc(C(F)(F)C45CCC(C(=C)C)(CC4)CC5)cc(Cl)n3)CC2)cc1. The third kappa shape index (κ3) is 5.93. The molecule has 2 bridgehead atoms. The van der Waals surface area contributed by atoms with Gasteiger partial charge in [0.25, 0.3) is 5.92 Å². The molecule has 6 rings (SSSR count). The van der Waals surface area contributed by atoms with Crippen molar-refractivity contribution in [1.29, 1.82) is 0 Å². The normalized spacial score (nSPS) is 25.1. The van der Waals surface area contributed by atoms with E-state index in [2.05, 4.69) is 63.9 Å². The minimum Gasteiger partial charge on any atom is -0.385 e. The highest BCUT2D eigenvalue weighted by Gasteiger charge is 2.61. The lowest BCUT2D eigenvalue weighted by molar-refractivity contribution is -0.185. The molecular formula is C32H41ClF2N4S. The van der Waals surface area contributed by atoms with E-state index in [0.29, 0.717) is 38.2 Å². The number of pyridine rings is 1. The largest absolute Gasteiger partial charge is 0.385 e. The van der Waals surface area contributed by atoms with Crippen LogP contribution in [0.4, 0.5) is 20.3 Å². The zero-order chi connectivity index (χ0) is 28.4. The average Bonchev–Trinajstić information content (AvgIpc) is 2.97. The topological polar surface area (TPSA) is 31.4 Å². The van der Waals surface area contributed by atoms with Crippen molar-refractivity contribution in [3.05, 3.63) is 71.9 Å². The number of aromatic nitrogens is 1. The molecule has 1 N–H and O–H groups in total. The maximum absolute atomic E-state index is 16.3. The molecule has 40 heavy (non-hydrogen) atoms. The Bertz CT molecular complexity index is 1190. The van der Waals surface area contributed by atoms with E-state index in [4.69, 9.17) is 11.6 Å². The summed E-state index contributed by atoms with van der Waals surface area (Å²) >= 11 is 8.10. The molecule has 0 unspecified atom stereocenters. The summed E-state index contributed by atoms with van der Waals surface area (Å²) in [7, 11) is 0. The van der Waals surface area contributed by atoms with E-state index >= 15 is 8.78 Å². The van der Waals surface area contributed by atoms with Crippen molar-refractivity contribution < 1.29 is 8.78 Å². The number of unbranched alkanes of at least 4 members (excludes halogenated alkanes) is 1. The third-order valence-electron chi connectivity index (χ3n) is 9.53. The lowest BCUT2D eigenvalue weighted by atomic mass is 9.49. The molecule has 0 radical (unpaired) electrons. The summed E-state index contributed by atoms with van der Waals surface area (Å²) in [6.45, 7) is 14.0. The molecule has 1 aromatic carbocycles. The maximum Gasteiger partial charge on any atom is 0.278 e. The molecule has 0 amide bonds. The summed E-state index contributed by atoms with van der Waals surface area (Å²) in [6, 6.07) is 11.5. The fraction of sp³-hybridized carbons (Fsp3) is 0.531. The van der Waals surface area contributed by atoms with Gasteiger partial charge in [0.15, 0.2) is 0 Å². The molecular weight excluding hydrogens is 546 g/mol. The van der Waals surface area contributed by atoms with Crippen LogP contribution < -0.4 is 10.2 Å². The molecule has 4 nitrogen and oxygen atoms in total. The second-order valence-electron chi connectivity index (χ2n) is 11.8. The number of nitrogens with zero attached hydrogens (tertiary/aromatic N) is 3. The summed E-state index contributed by atoms with van der Waals surface area (Å²) in [6.07, 6.45) is 8.03. The fourth-order valence-corrected chi connectivity index (χ4v) is 7.81. The van der Waals surface area contributed by atoms with Gasteiger partial charge < -0.3 is 10.2 Å². The van der Waals surface area contributed by atoms with Crippen molar-refractivity contribution in [2.75, 3.05) is 42.9 Å². The smallest absolute Gasteiger partial charge is 0.278 e. The molecule has 0 atom stereocenters. The van der Waals surface area contributed by atoms with Crippen molar-refractivity contribution in [3.63, 3.8) is 0 Å². The van der Waals surface area contributed by atoms with Crippen LogP contribution >= 0.6 is 23.5 Å².